The van der Waals surface area contributed by atoms with Crippen molar-refractivity contribution in [3.63, 3.8) is 0 Å². The molecule has 29 heavy (non-hydrogen) atoms. The normalized spacial score (nSPS) is 19.2. The Hall–Kier alpha value is -2.00. The molecule has 0 radical (unpaired) electrons. The maximum Gasteiger partial charge on any atom is 0.573 e. The third-order valence-electron chi connectivity index (χ3n) is 4.33. The standard InChI is InChI=1S/C19H18ClF3N2O3.ClH/c20-15-9-11(25-18(27)16-10-12(26)7-8-24-16)5-6-13(15)14-3-1-2-4-17(14)28-19(21,22)23;/h1-6,9,12,16,24,26H,7-8,10H2,(H,25,27);1H. The van der Waals surface area contributed by atoms with Gasteiger partial charge in [-0.25, -0.2) is 0 Å². The molecule has 0 bridgehead atoms. The Bertz CT molecular complexity index is 865. The molecule has 3 N–H and O–H groups in total. The van der Waals surface area contributed by atoms with Gasteiger partial charge >= 0.3 is 6.36 Å². The van der Waals surface area contributed by atoms with E-state index in [2.05, 4.69) is 15.4 Å². The van der Waals surface area contributed by atoms with E-state index in [4.69, 9.17) is 11.6 Å². The smallest absolute Gasteiger partial charge is 0.405 e. The number of carbonyl (C=O) groups is 1. The monoisotopic (exact) mass is 450 g/mol. The van der Waals surface area contributed by atoms with Crippen LogP contribution in [0.3, 0.4) is 0 Å². The lowest BCUT2D eigenvalue weighted by molar-refractivity contribution is -0.274. The summed E-state index contributed by atoms with van der Waals surface area (Å²) in [5.74, 6) is -0.683. The summed E-state index contributed by atoms with van der Waals surface area (Å²) in [4.78, 5) is 12.3. The molecule has 1 saturated heterocycles. The largest absolute Gasteiger partial charge is 0.573 e. The molecule has 10 heteroatoms. The van der Waals surface area contributed by atoms with Crippen molar-refractivity contribution in [1.82, 2.24) is 5.32 Å². The molecule has 2 aromatic carbocycles. The van der Waals surface area contributed by atoms with Crippen LogP contribution in [0.25, 0.3) is 11.1 Å². The number of ether oxygens (including phenoxy) is 1. The van der Waals surface area contributed by atoms with Gasteiger partial charge in [-0.3, -0.25) is 4.79 Å². The zero-order valence-corrected chi connectivity index (χ0v) is 16.6. The zero-order valence-electron chi connectivity index (χ0n) is 15.0. The van der Waals surface area contributed by atoms with Crippen molar-refractivity contribution in [1.29, 1.82) is 0 Å². The molecule has 1 fully saturated rings. The Morgan fingerprint density at radius 2 is 1.93 bits per heavy atom. The van der Waals surface area contributed by atoms with Gasteiger partial charge in [-0.05, 0) is 37.6 Å². The number of para-hydroxylation sites is 1. The van der Waals surface area contributed by atoms with E-state index in [1.54, 1.807) is 12.1 Å². The topological polar surface area (TPSA) is 70.6 Å². The van der Waals surface area contributed by atoms with Crippen molar-refractivity contribution in [2.24, 2.45) is 0 Å². The van der Waals surface area contributed by atoms with E-state index in [9.17, 15) is 23.1 Å². The fourth-order valence-electron chi connectivity index (χ4n) is 3.04. The molecule has 1 aliphatic rings. The molecule has 0 saturated carbocycles. The van der Waals surface area contributed by atoms with E-state index in [0.717, 1.165) is 0 Å². The second-order valence-corrected chi connectivity index (χ2v) is 6.82. The highest BCUT2D eigenvalue weighted by atomic mass is 35.5. The minimum Gasteiger partial charge on any atom is -0.405 e. The number of benzene rings is 2. The summed E-state index contributed by atoms with van der Waals surface area (Å²) in [6.07, 6.45) is -4.47. The molecule has 158 valence electrons. The van der Waals surface area contributed by atoms with Gasteiger partial charge in [0.25, 0.3) is 0 Å². The van der Waals surface area contributed by atoms with Crippen LogP contribution in [-0.4, -0.2) is 36.1 Å². The summed E-state index contributed by atoms with van der Waals surface area (Å²) >= 11 is 6.26. The lowest BCUT2D eigenvalue weighted by Crippen LogP contribution is -2.47. The molecular weight excluding hydrogens is 432 g/mol. The molecule has 1 aliphatic heterocycles. The van der Waals surface area contributed by atoms with Crippen LogP contribution in [0.1, 0.15) is 12.8 Å². The number of anilines is 1. The van der Waals surface area contributed by atoms with Crippen molar-refractivity contribution in [3.8, 4) is 16.9 Å². The molecule has 2 unspecified atom stereocenters. The second kappa shape index (κ2) is 9.67. The van der Waals surface area contributed by atoms with Crippen LogP contribution in [0.4, 0.5) is 18.9 Å². The first kappa shape index (κ1) is 23.3. The lowest BCUT2D eigenvalue weighted by atomic mass is 10.0. The minimum absolute atomic E-state index is 0. The van der Waals surface area contributed by atoms with Crippen LogP contribution in [0.15, 0.2) is 42.5 Å². The first-order valence-electron chi connectivity index (χ1n) is 8.60. The number of halogens is 5. The third-order valence-corrected chi connectivity index (χ3v) is 4.64. The van der Waals surface area contributed by atoms with Gasteiger partial charge in [0.1, 0.15) is 5.75 Å². The molecule has 0 spiro atoms. The third kappa shape index (κ3) is 6.24. The van der Waals surface area contributed by atoms with Gasteiger partial charge in [-0.2, -0.15) is 0 Å². The van der Waals surface area contributed by atoms with Gasteiger partial charge in [0.05, 0.1) is 17.2 Å². The molecule has 0 aromatic heterocycles. The van der Waals surface area contributed by atoms with E-state index >= 15 is 0 Å². The summed E-state index contributed by atoms with van der Waals surface area (Å²) in [5, 5.41) is 15.6. The van der Waals surface area contributed by atoms with E-state index in [0.29, 0.717) is 30.6 Å². The Morgan fingerprint density at radius 3 is 2.59 bits per heavy atom. The Kier molecular flexibility index (Phi) is 7.76. The second-order valence-electron chi connectivity index (χ2n) is 6.41. The number of aliphatic hydroxyl groups is 1. The lowest BCUT2D eigenvalue weighted by Gasteiger charge is -2.26. The van der Waals surface area contributed by atoms with Crippen molar-refractivity contribution in [2.45, 2.75) is 31.3 Å². The number of aliphatic hydroxyl groups excluding tert-OH is 1. The highest BCUT2D eigenvalue weighted by molar-refractivity contribution is 6.33. The maximum atomic E-state index is 12.6. The summed E-state index contributed by atoms with van der Waals surface area (Å²) < 4.78 is 41.9. The summed E-state index contributed by atoms with van der Waals surface area (Å²) in [7, 11) is 0. The zero-order chi connectivity index (χ0) is 20.3. The Balaban J connectivity index is 0.00000300. The molecule has 2 atom stereocenters. The summed E-state index contributed by atoms with van der Waals surface area (Å²) in [6.45, 7) is 0.537. The quantitative estimate of drug-likeness (QED) is 0.646. The highest BCUT2D eigenvalue weighted by Gasteiger charge is 2.32. The van der Waals surface area contributed by atoms with Gasteiger partial charge in [0.2, 0.25) is 5.91 Å². The fourth-order valence-corrected chi connectivity index (χ4v) is 3.32. The molecule has 5 nitrogen and oxygen atoms in total. The highest BCUT2D eigenvalue weighted by Crippen LogP contribution is 2.38. The number of alkyl halides is 3. The molecule has 3 rings (SSSR count). The van der Waals surface area contributed by atoms with Crippen molar-refractivity contribution in [3.05, 3.63) is 47.5 Å². The molecular formula is C19H19Cl2F3N2O3. The molecule has 2 aromatic rings. The average molecular weight is 451 g/mol. The van der Waals surface area contributed by atoms with Crippen molar-refractivity contribution >= 4 is 35.6 Å². The van der Waals surface area contributed by atoms with Crippen LogP contribution in [0, 0.1) is 0 Å². The van der Waals surface area contributed by atoms with E-state index < -0.39 is 18.5 Å². The molecule has 1 heterocycles. The van der Waals surface area contributed by atoms with Gasteiger partial charge in [-0.1, -0.05) is 35.9 Å². The first-order valence-corrected chi connectivity index (χ1v) is 8.98. The Morgan fingerprint density at radius 1 is 1.21 bits per heavy atom. The van der Waals surface area contributed by atoms with Gasteiger partial charge in [0, 0.05) is 16.8 Å². The van der Waals surface area contributed by atoms with Crippen molar-refractivity contribution < 1.29 is 27.8 Å². The molecule has 0 aliphatic carbocycles. The van der Waals surface area contributed by atoms with Crippen LogP contribution >= 0.6 is 24.0 Å². The van der Waals surface area contributed by atoms with Gasteiger partial charge < -0.3 is 20.5 Å². The van der Waals surface area contributed by atoms with Crippen molar-refractivity contribution in [2.75, 3.05) is 11.9 Å². The van der Waals surface area contributed by atoms with Crippen LogP contribution < -0.4 is 15.4 Å². The fraction of sp³-hybridized carbons (Fsp3) is 0.316. The van der Waals surface area contributed by atoms with Crippen LogP contribution in [-0.2, 0) is 4.79 Å². The van der Waals surface area contributed by atoms with Crippen LogP contribution in [0.2, 0.25) is 5.02 Å². The Labute approximate surface area is 176 Å². The van der Waals surface area contributed by atoms with E-state index in [1.807, 2.05) is 0 Å². The number of nitrogens with one attached hydrogen (secondary N) is 2. The predicted molar refractivity (Wildman–Crippen MR) is 106 cm³/mol. The number of hydrogen-bond acceptors (Lipinski definition) is 4. The SMILES string of the molecule is Cl.O=C(Nc1ccc(-c2ccccc2OC(F)(F)F)c(Cl)c1)C1CC(O)CCN1. The number of hydrogen-bond donors (Lipinski definition) is 3. The number of rotatable bonds is 4. The molecule has 1 amide bonds. The van der Waals surface area contributed by atoms with Gasteiger partial charge in [0.15, 0.2) is 0 Å². The number of carbonyl (C=O) groups excluding carboxylic acids is 1. The summed E-state index contributed by atoms with van der Waals surface area (Å²) in [5.41, 5.74) is 0.917. The first-order chi connectivity index (χ1) is 13.2. The van der Waals surface area contributed by atoms with Gasteiger partial charge in [-0.15, -0.1) is 25.6 Å². The van der Waals surface area contributed by atoms with E-state index in [-0.39, 0.29) is 34.6 Å². The average Bonchev–Trinajstić information content (AvgIpc) is 2.61. The van der Waals surface area contributed by atoms with Crippen LogP contribution in [0.5, 0.6) is 5.75 Å². The number of amides is 1. The number of piperidine rings is 1. The minimum atomic E-state index is -4.83. The van der Waals surface area contributed by atoms with E-state index in [1.165, 1.54) is 30.3 Å². The summed E-state index contributed by atoms with van der Waals surface area (Å²) in [6, 6.07) is 9.66. The predicted octanol–water partition coefficient (Wildman–Crippen LogP) is 4.38. The maximum absolute atomic E-state index is 12.6.